The third-order valence-corrected chi connectivity index (χ3v) is 3.79. The van der Waals surface area contributed by atoms with Crippen molar-refractivity contribution in [1.29, 1.82) is 0 Å². The van der Waals surface area contributed by atoms with Gasteiger partial charge in [-0.3, -0.25) is 0 Å². The number of benzene rings is 3. The molecule has 3 heteroatoms. The zero-order valence-electron chi connectivity index (χ0n) is 12.8. The van der Waals surface area contributed by atoms with Gasteiger partial charge in [0, 0.05) is 11.1 Å². The first-order valence-electron chi connectivity index (χ1n) is 7.57. The quantitative estimate of drug-likeness (QED) is 0.540. The highest BCUT2D eigenvalue weighted by atomic mass is 15.0. The SMILES string of the molecule is Cc1nc(-c2ccccc2)nc(-c2ccc3ccccc3c2)n1. The molecule has 0 saturated heterocycles. The third-order valence-electron chi connectivity index (χ3n) is 3.79. The van der Waals surface area contributed by atoms with Gasteiger partial charge in [0.15, 0.2) is 11.6 Å². The van der Waals surface area contributed by atoms with Crippen LogP contribution in [0.2, 0.25) is 0 Å². The second-order valence-corrected chi connectivity index (χ2v) is 5.46. The largest absolute Gasteiger partial charge is 0.213 e. The van der Waals surface area contributed by atoms with Gasteiger partial charge in [-0.25, -0.2) is 15.0 Å². The first kappa shape index (κ1) is 13.6. The summed E-state index contributed by atoms with van der Waals surface area (Å²) in [7, 11) is 0. The molecule has 0 bridgehead atoms. The van der Waals surface area contributed by atoms with E-state index in [0.29, 0.717) is 11.6 Å². The van der Waals surface area contributed by atoms with Crippen LogP contribution in [0.3, 0.4) is 0 Å². The Morgan fingerprint density at radius 1 is 0.565 bits per heavy atom. The first-order valence-corrected chi connectivity index (χ1v) is 7.57. The molecule has 3 aromatic carbocycles. The summed E-state index contributed by atoms with van der Waals surface area (Å²) in [5.41, 5.74) is 2.01. The van der Waals surface area contributed by atoms with Crippen LogP contribution in [0.4, 0.5) is 0 Å². The lowest BCUT2D eigenvalue weighted by atomic mass is 10.1. The van der Waals surface area contributed by atoms with E-state index in [1.54, 1.807) is 0 Å². The summed E-state index contributed by atoms with van der Waals surface area (Å²) < 4.78 is 0. The van der Waals surface area contributed by atoms with Crippen molar-refractivity contribution in [3.05, 3.63) is 78.6 Å². The molecule has 23 heavy (non-hydrogen) atoms. The molecule has 0 unspecified atom stereocenters. The highest BCUT2D eigenvalue weighted by Crippen LogP contribution is 2.23. The summed E-state index contributed by atoms with van der Waals surface area (Å²) in [5, 5.41) is 2.40. The van der Waals surface area contributed by atoms with Gasteiger partial charge in [0.05, 0.1) is 0 Å². The number of nitrogens with zero attached hydrogens (tertiary/aromatic N) is 3. The molecule has 0 aliphatic rings. The molecule has 4 rings (SSSR count). The van der Waals surface area contributed by atoms with Crippen molar-refractivity contribution in [2.24, 2.45) is 0 Å². The van der Waals surface area contributed by atoms with Crippen LogP contribution >= 0.6 is 0 Å². The maximum Gasteiger partial charge on any atom is 0.163 e. The van der Waals surface area contributed by atoms with Crippen LogP contribution in [-0.4, -0.2) is 15.0 Å². The molecule has 0 aliphatic carbocycles. The van der Waals surface area contributed by atoms with Gasteiger partial charge in [-0.15, -0.1) is 0 Å². The van der Waals surface area contributed by atoms with E-state index in [4.69, 9.17) is 0 Å². The van der Waals surface area contributed by atoms with E-state index in [0.717, 1.165) is 17.0 Å². The molecule has 0 spiro atoms. The van der Waals surface area contributed by atoms with Crippen LogP contribution in [0.25, 0.3) is 33.5 Å². The molecule has 0 N–H and O–H groups in total. The van der Waals surface area contributed by atoms with Crippen molar-refractivity contribution in [3.63, 3.8) is 0 Å². The zero-order valence-corrected chi connectivity index (χ0v) is 12.8. The summed E-state index contributed by atoms with van der Waals surface area (Å²) in [6.07, 6.45) is 0. The number of hydrogen-bond donors (Lipinski definition) is 0. The van der Waals surface area contributed by atoms with E-state index in [-0.39, 0.29) is 0 Å². The van der Waals surface area contributed by atoms with Crippen LogP contribution in [0.1, 0.15) is 5.82 Å². The lowest BCUT2D eigenvalue weighted by molar-refractivity contribution is 0.992. The molecule has 0 aliphatic heterocycles. The van der Waals surface area contributed by atoms with Gasteiger partial charge in [-0.05, 0) is 23.8 Å². The lowest BCUT2D eigenvalue weighted by Crippen LogP contribution is -1.99. The number of aromatic nitrogens is 3. The summed E-state index contributed by atoms with van der Waals surface area (Å²) in [6.45, 7) is 1.90. The van der Waals surface area contributed by atoms with Crippen LogP contribution in [0, 0.1) is 6.92 Å². The minimum Gasteiger partial charge on any atom is -0.213 e. The smallest absolute Gasteiger partial charge is 0.163 e. The topological polar surface area (TPSA) is 38.7 Å². The molecular formula is C20H15N3. The van der Waals surface area contributed by atoms with Crippen LogP contribution in [0.15, 0.2) is 72.8 Å². The molecule has 4 aromatic rings. The normalized spacial score (nSPS) is 10.8. The van der Waals surface area contributed by atoms with E-state index >= 15 is 0 Å². The van der Waals surface area contributed by atoms with E-state index in [1.807, 2.05) is 49.4 Å². The van der Waals surface area contributed by atoms with Gasteiger partial charge < -0.3 is 0 Å². The van der Waals surface area contributed by atoms with Gasteiger partial charge in [0.25, 0.3) is 0 Å². The van der Waals surface area contributed by atoms with Crippen molar-refractivity contribution >= 4 is 10.8 Å². The highest BCUT2D eigenvalue weighted by Gasteiger charge is 2.08. The Labute approximate surface area is 134 Å². The molecule has 0 radical (unpaired) electrons. The predicted octanol–water partition coefficient (Wildman–Crippen LogP) is 4.67. The standard InChI is InChI=1S/C20H15N3/c1-14-21-19(16-8-3-2-4-9-16)23-20(22-14)18-12-11-15-7-5-6-10-17(15)13-18/h2-13H,1H3. The summed E-state index contributed by atoms with van der Waals surface area (Å²) >= 11 is 0. The fraction of sp³-hybridized carbons (Fsp3) is 0.0500. The molecule has 1 heterocycles. The molecule has 3 nitrogen and oxygen atoms in total. The molecule has 0 saturated carbocycles. The van der Waals surface area contributed by atoms with E-state index in [2.05, 4.69) is 45.3 Å². The van der Waals surface area contributed by atoms with Crippen molar-refractivity contribution < 1.29 is 0 Å². The summed E-state index contributed by atoms with van der Waals surface area (Å²) in [4.78, 5) is 13.6. The van der Waals surface area contributed by atoms with Crippen molar-refractivity contribution in [2.45, 2.75) is 6.92 Å². The molecular weight excluding hydrogens is 282 g/mol. The zero-order chi connectivity index (χ0) is 15.6. The molecule has 0 atom stereocenters. The minimum atomic E-state index is 0.709. The Balaban J connectivity index is 1.86. The Morgan fingerprint density at radius 2 is 1.22 bits per heavy atom. The second-order valence-electron chi connectivity index (χ2n) is 5.46. The Kier molecular flexibility index (Phi) is 3.31. The summed E-state index contributed by atoms with van der Waals surface area (Å²) in [5.74, 6) is 2.14. The Hall–Kier alpha value is -3.07. The van der Waals surface area contributed by atoms with E-state index < -0.39 is 0 Å². The van der Waals surface area contributed by atoms with Crippen molar-refractivity contribution in [1.82, 2.24) is 15.0 Å². The molecule has 0 amide bonds. The third kappa shape index (κ3) is 2.69. The fourth-order valence-electron chi connectivity index (χ4n) is 2.66. The van der Waals surface area contributed by atoms with Gasteiger partial charge in [-0.2, -0.15) is 0 Å². The van der Waals surface area contributed by atoms with Gasteiger partial charge in [0.1, 0.15) is 5.82 Å². The number of aryl methyl sites for hydroxylation is 1. The number of fused-ring (bicyclic) bond motifs is 1. The average molecular weight is 297 g/mol. The Bertz CT molecular complexity index is 978. The maximum absolute atomic E-state index is 4.66. The maximum atomic E-state index is 4.66. The van der Waals surface area contributed by atoms with Gasteiger partial charge in [-0.1, -0.05) is 66.7 Å². The molecule has 0 fully saturated rings. The fourth-order valence-corrected chi connectivity index (χ4v) is 2.66. The highest BCUT2D eigenvalue weighted by molar-refractivity contribution is 5.86. The monoisotopic (exact) mass is 297 g/mol. The second kappa shape index (κ2) is 5.61. The van der Waals surface area contributed by atoms with Crippen LogP contribution in [-0.2, 0) is 0 Å². The van der Waals surface area contributed by atoms with Crippen LogP contribution < -0.4 is 0 Å². The molecule has 1 aromatic heterocycles. The van der Waals surface area contributed by atoms with E-state index in [9.17, 15) is 0 Å². The van der Waals surface area contributed by atoms with E-state index in [1.165, 1.54) is 10.8 Å². The van der Waals surface area contributed by atoms with Gasteiger partial charge >= 0.3 is 0 Å². The summed E-state index contributed by atoms with van der Waals surface area (Å²) in [6, 6.07) is 24.6. The Morgan fingerprint density at radius 3 is 2.00 bits per heavy atom. The van der Waals surface area contributed by atoms with Crippen molar-refractivity contribution in [2.75, 3.05) is 0 Å². The average Bonchev–Trinajstić information content (AvgIpc) is 2.61. The number of hydrogen-bond acceptors (Lipinski definition) is 3. The van der Waals surface area contributed by atoms with Crippen LogP contribution in [0.5, 0.6) is 0 Å². The predicted molar refractivity (Wildman–Crippen MR) is 92.9 cm³/mol. The minimum absolute atomic E-state index is 0.709. The molecule has 110 valence electrons. The van der Waals surface area contributed by atoms with Gasteiger partial charge in [0.2, 0.25) is 0 Å². The van der Waals surface area contributed by atoms with Crippen molar-refractivity contribution in [3.8, 4) is 22.8 Å². The number of rotatable bonds is 2. The lowest BCUT2D eigenvalue weighted by Gasteiger charge is -2.06. The first-order chi connectivity index (χ1) is 11.3.